The van der Waals surface area contributed by atoms with Gasteiger partial charge in [-0.05, 0) is 49.2 Å². The van der Waals surface area contributed by atoms with Crippen molar-refractivity contribution in [3.05, 3.63) is 95.6 Å². The monoisotopic (exact) mass is 632 g/mol. The van der Waals surface area contributed by atoms with Gasteiger partial charge in [-0.15, -0.1) is 11.6 Å². The predicted octanol–water partition coefficient (Wildman–Crippen LogP) is 4.68. The van der Waals surface area contributed by atoms with Crippen LogP contribution in [0.15, 0.2) is 83.8 Å². The fourth-order valence-corrected chi connectivity index (χ4v) is 6.67. The highest BCUT2D eigenvalue weighted by molar-refractivity contribution is 7.89. The first-order valence-electron chi connectivity index (χ1n) is 14.2. The second-order valence-corrected chi connectivity index (χ2v) is 13.2. The van der Waals surface area contributed by atoms with Crippen LogP contribution in [0.3, 0.4) is 0 Å². The van der Waals surface area contributed by atoms with Crippen LogP contribution in [0, 0.1) is 12.8 Å². The number of carbonyl (C=O) groups is 1. The van der Waals surface area contributed by atoms with Gasteiger partial charge >= 0.3 is 0 Å². The molecule has 3 aromatic carbocycles. The number of amides is 1. The molecule has 0 radical (unpaired) electrons. The molecule has 11 heteroatoms. The number of aliphatic hydroxyl groups is 1. The van der Waals surface area contributed by atoms with Crippen molar-refractivity contribution in [2.45, 2.75) is 42.9 Å². The Morgan fingerprint density at radius 3 is 2.42 bits per heavy atom. The molecule has 4 rings (SSSR count). The summed E-state index contributed by atoms with van der Waals surface area (Å²) in [6, 6.07) is 21.8. The molecule has 2 N–H and O–H groups in total. The van der Waals surface area contributed by atoms with Crippen LogP contribution in [0.5, 0.6) is 5.75 Å². The minimum atomic E-state index is -4.16. The van der Waals surface area contributed by atoms with Crippen molar-refractivity contribution in [1.29, 1.82) is 0 Å². The summed E-state index contributed by atoms with van der Waals surface area (Å²) < 4.78 is 53.8. The van der Waals surface area contributed by atoms with Crippen LogP contribution < -0.4 is 10.1 Å². The van der Waals surface area contributed by atoms with Crippen LogP contribution in [0.25, 0.3) is 0 Å². The summed E-state index contributed by atoms with van der Waals surface area (Å²) >= 11 is 5.95. The Bertz CT molecular complexity index is 1450. The van der Waals surface area contributed by atoms with E-state index in [0.717, 1.165) is 9.87 Å². The van der Waals surface area contributed by atoms with Crippen molar-refractivity contribution < 1.29 is 32.2 Å². The van der Waals surface area contributed by atoms with Crippen LogP contribution in [0.2, 0.25) is 0 Å². The highest BCUT2D eigenvalue weighted by Crippen LogP contribution is 2.30. The number of rotatable bonds is 14. The lowest BCUT2D eigenvalue weighted by Crippen LogP contribution is -2.56. The lowest BCUT2D eigenvalue weighted by atomic mass is 9.85. The van der Waals surface area contributed by atoms with Crippen molar-refractivity contribution >= 4 is 27.5 Å². The van der Waals surface area contributed by atoms with E-state index in [1.54, 1.807) is 73.7 Å². The van der Waals surface area contributed by atoms with E-state index in [1.807, 2.05) is 6.92 Å². The van der Waals surface area contributed by atoms with Crippen molar-refractivity contribution in [3.8, 4) is 5.75 Å². The summed E-state index contributed by atoms with van der Waals surface area (Å²) in [4.78, 5) is 13.9. The second-order valence-electron chi connectivity index (χ2n) is 11.0. The predicted molar refractivity (Wildman–Crippen MR) is 164 cm³/mol. The van der Waals surface area contributed by atoms with Crippen molar-refractivity contribution in [2.24, 2.45) is 5.92 Å². The van der Waals surface area contributed by atoms with E-state index < -0.39 is 46.7 Å². The normalized spacial score (nSPS) is 18.1. The third kappa shape index (κ3) is 7.93. The topological polar surface area (TPSA) is 105 Å². The Balaban J connectivity index is 1.69. The van der Waals surface area contributed by atoms with Gasteiger partial charge < -0.3 is 19.9 Å². The van der Waals surface area contributed by atoms with E-state index in [9.17, 15) is 22.7 Å². The lowest BCUT2D eigenvalue weighted by Gasteiger charge is -2.39. The number of nitrogens with one attached hydrogen (secondary N) is 1. The van der Waals surface area contributed by atoms with Gasteiger partial charge in [0.15, 0.2) is 0 Å². The van der Waals surface area contributed by atoms with E-state index in [-0.39, 0.29) is 29.0 Å². The number of alkyl halides is 2. The summed E-state index contributed by atoms with van der Waals surface area (Å²) in [5, 5.41) is 14.8. The van der Waals surface area contributed by atoms with Crippen molar-refractivity contribution in [2.75, 3.05) is 38.9 Å². The van der Waals surface area contributed by atoms with Crippen LogP contribution in [0.1, 0.15) is 34.8 Å². The van der Waals surface area contributed by atoms with Gasteiger partial charge in [0.1, 0.15) is 11.9 Å². The van der Waals surface area contributed by atoms with Gasteiger partial charge in [0.25, 0.3) is 5.91 Å². The number of benzene rings is 3. The Morgan fingerprint density at radius 2 is 1.81 bits per heavy atom. The van der Waals surface area contributed by atoms with Gasteiger partial charge in [0.05, 0.1) is 42.0 Å². The summed E-state index contributed by atoms with van der Waals surface area (Å²) in [7, 11) is -4.16. The van der Waals surface area contributed by atoms with Gasteiger partial charge in [0.2, 0.25) is 10.0 Å². The number of aryl methyl sites for hydroxylation is 1. The SMILES string of the molecule is Cc1ccc(C(=O)N[C@@](C)(c2ccccc2)[C@H](O)CN(CC(CF)CCl)S(=O)(=O)c2ccccc2)c(O[C@@H]2CCOC2)c1. The van der Waals surface area contributed by atoms with Crippen LogP contribution >= 0.6 is 11.6 Å². The first-order chi connectivity index (χ1) is 20.6. The molecule has 232 valence electrons. The number of aliphatic hydroxyl groups excluding tert-OH is 1. The molecule has 8 nitrogen and oxygen atoms in total. The number of carbonyl (C=O) groups excluding carboxylic acids is 1. The summed E-state index contributed by atoms with van der Waals surface area (Å²) in [5.41, 5.74) is 0.249. The Labute approximate surface area is 257 Å². The molecule has 4 atom stereocenters. The first-order valence-corrected chi connectivity index (χ1v) is 16.1. The quantitative estimate of drug-likeness (QED) is 0.250. The van der Waals surface area contributed by atoms with Crippen molar-refractivity contribution in [1.82, 2.24) is 9.62 Å². The zero-order valence-corrected chi connectivity index (χ0v) is 25.9. The molecular weight excluding hydrogens is 595 g/mol. The first kappa shape index (κ1) is 32.9. The molecule has 1 fully saturated rings. The minimum Gasteiger partial charge on any atom is -0.487 e. The van der Waals surface area contributed by atoms with Gasteiger partial charge in [-0.2, -0.15) is 4.31 Å². The number of sulfonamides is 1. The molecule has 1 unspecified atom stereocenters. The Kier molecular flexibility index (Phi) is 11.2. The molecule has 43 heavy (non-hydrogen) atoms. The second kappa shape index (κ2) is 14.6. The maximum absolute atomic E-state index is 13.9. The van der Waals surface area contributed by atoms with Gasteiger partial charge in [-0.1, -0.05) is 54.6 Å². The smallest absolute Gasteiger partial charge is 0.255 e. The molecular formula is C32H38ClFN2O6S. The number of ether oxygens (including phenoxy) is 2. The average Bonchev–Trinajstić information content (AvgIpc) is 3.53. The molecule has 0 aromatic heterocycles. The molecule has 1 amide bonds. The van der Waals surface area contributed by atoms with E-state index in [1.165, 1.54) is 12.1 Å². The third-order valence-corrected chi connectivity index (χ3v) is 9.91. The molecule has 1 aliphatic rings. The number of halogens is 2. The fourth-order valence-electron chi connectivity index (χ4n) is 4.95. The standard InChI is InChI=1S/C32H38ClFN2O6S/c1-23-13-14-28(29(17-23)42-26-15-16-41-22-26)31(38)35-32(2,25-9-5-3-6-10-25)30(37)21-36(20-24(18-33)19-34)43(39,40)27-11-7-4-8-12-27/h3-14,17,24,26,30,37H,15-16,18-22H2,1-2H3,(H,35,38)/t24?,26-,30-,32+/m1/s1. The molecule has 1 aliphatic heterocycles. The average molecular weight is 633 g/mol. The molecule has 1 heterocycles. The van der Waals surface area contributed by atoms with Crippen LogP contribution in [0.4, 0.5) is 4.39 Å². The molecule has 1 saturated heterocycles. The van der Waals surface area contributed by atoms with E-state index >= 15 is 0 Å². The molecule has 0 spiro atoms. The molecule has 0 bridgehead atoms. The molecule has 0 aliphatic carbocycles. The van der Waals surface area contributed by atoms with Crippen molar-refractivity contribution in [3.63, 3.8) is 0 Å². The summed E-state index contributed by atoms with van der Waals surface area (Å²) in [6.45, 7) is 2.99. The minimum absolute atomic E-state index is 0.00262. The maximum Gasteiger partial charge on any atom is 0.255 e. The summed E-state index contributed by atoms with van der Waals surface area (Å²) in [5.74, 6) is -1.03. The Morgan fingerprint density at radius 1 is 1.14 bits per heavy atom. The molecule has 0 saturated carbocycles. The van der Waals surface area contributed by atoms with Gasteiger partial charge in [0, 0.05) is 31.3 Å². The largest absolute Gasteiger partial charge is 0.487 e. The summed E-state index contributed by atoms with van der Waals surface area (Å²) in [6.07, 6.45) is -0.948. The highest BCUT2D eigenvalue weighted by atomic mass is 35.5. The number of hydrogen-bond donors (Lipinski definition) is 2. The fraction of sp³-hybridized carbons (Fsp3) is 0.406. The molecule has 3 aromatic rings. The van der Waals surface area contributed by atoms with Crippen LogP contribution in [-0.2, 0) is 20.3 Å². The Hall–Kier alpha value is -3.02. The van der Waals surface area contributed by atoms with E-state index in [4.69, 9.17) is 21.1 Å². The maximum atomic E-state index is 13.9. The van der Waals surface area contributed by atoms with Gasteiger partial charge in [-0.25, -0.2) is 8.42 Å². The zero-order chi connectivity index (χ0) is 31.0. The van der Waals surface area contributed by atoms with Gasteiger partial charge in [-0.3, -0.25) is 9.18 Å². The van der Waals surface area contributed by atoms with E-state index in [0.29, 0.717) is 30.9 Å². The third-order valence-electron chi connectivity index (χ3n) is 7.63. The zero-order valence-electron chi connectivity index (χ0n) is 24.3. The van der Waals surface area contributed by atoms with E-state index in [2.05, 4.69) is 5.32 Å². The number of nitrogens with zero attached hydrogens (tertiary/aromatic N) is 1. The number of hydrogen-bond acceptors (Lipinski definition) is 6. The highest BCUT2D eigenvalue weighted by Gasteiger charge is 2.41. The van der Waals surface area contributed by atoms with Crippen LogP contribution in [-0.4, -0.2) is 74.8 Å². The lowest BCUT2D eigenvalue weighted by molar-refractivity contribution is 0.0432.